The van der Waals surface area contributed by atoms with Gasteiger partial charge in [0.25, 0.3) is 5.91 Å². The van der Waals surface area contributed by atoms with E-state index in [4.69, 9.17) is 4.74 Å². The molecule has 0 aliphatic carbocycles. The molecule has 0 spiro atoms. The van der Waals surface area contributed by atoms with E-state index in [2.05, 4.69) is 20.5 Å². The predicted molar refractivity (Wildman–Crippen MR) is 118 cm³/mol. The van der Waals surface area contributed by atoms with Crippen LogP contribution in [0.2, 0.25) is 0 Å². The van der Waals surface area contributed by atoms with Gasteiger partial charge in [-0.25, -0.2) is 4.79 Å². The highest BCUT2D eigenvalue weighted by atomic mass is 79.9. The van der Waals surface area contributed by atoms with Gasteiger partial charge in [0.2, 0.25) is 0 Å². The number of carbonyl (C=O) groups is 2. The van der Waals surface area contributed by atoms with Crippen molar-refractivity contribution in [2.45, 2.75) is 40.7 Å². The number of allylic oxidation sites excluding steroid dienone is 1. The minimum absolute atomic E-state index is 0.0525. The Morgan fingerprint density at radius 3 is 2.31 bits per heavy atom. The van der Waals surface area contributed by atoms with Gasteiger partial charge in [-0.2, -0.15) is 0 Å². The van der Waals surface area contributed by atoms with E-state index in [1.165, 1.54) is 7.11 Å². The summed E-state index contributed by atoms with van der Waals surface area (Å²) in [6.45, 7) is 9.68. The molecule has 0 unspecified atom stereocenters. The number of rotatable bonds is 4. The van der Waals surface area contributed by atoms with Gasteiger partial charge in [-0.1, -0.05) is 15.9 Å². The van der Waals surface area contributed by atoms with Crippen LogP contribution in [0.1, 0.15) is 37.7 Å². The maximum Gasteiger partial charge on any atom is 0.340 e. The normalized spacial score (nSPS) is 15.8. The molecule has 0 radical (unpaired) electrons. The largest absolute Gasteiger partial charge is 0.465 e. The van der Waals surface area contributed by atoms with Crippen LogP contribution >= 0.6 is 15.9 Å². The van der Waals surface area contributed by atoms with Gasteiger partial charge in [-0.15, -0.1) is 0 Å². The van der Waals surface area contributed by atoms with Crippen LogP contribution in [0.4, 0.5) is 0 Å². The molecule has 0 bridgehead atoms. The van der Waals surface area contributed by atoms with Crippen LogP contribution in [0.5, 0.6) is 0 Å². The van der Waals surface area contributed by atoms with Crippen LogP contribution in [0.25, 0.3) is 11.8 Å². The first-order valence-corrected chi connectivity index (χ1v) is 10.3. The molecular weight excluding hydrogens is 432 g/mol. The second-order valence-electron chi connectivity index (χ2n) is 7.42. The number of nitrogens with zero attached hydrogens (tertiary/aromatic N) is 2. The molecule has 6 heteroatoms. The lowest BCUT2D eigenvalue weighted by atomic mass is 10.0. The number of hydrogen-bond acceptors (Lipinski definition) is 3. The third kappa shape index (κ3) is 3.69. The van der Waals surface area contributed by atoms with Crippen molar-refractivity contribution < 1.29 is 14.3 Å². The fraction of sp³-hybridized carbons (Fsp3) is 0.304. The van der Waals surface area contributed by atoms with Crippen molar-refractivity contribution >= 4 is 33.9 Å². The van der Waals surface area contributed by atoms with Crippen LogP contribution in [-0.4, -0.2) is 34.5 Å². The maximum absolute atomic E-state index is 13.1. The van der Waals surface area contributed by atoms with Gasteiger partial charge in [0.05, 0.1) is 18.3 Å². The Kier molecular flexibility index (Phi) is 5.85. The molecule has 5 nitrogen and oxygen atoms in total. The van der Waals surface area contributed by atoms with Crippen molar-refractivity contribution in [3.8, 4) is 5.69 Å². The monoisotopic (exact) mass is 456 g/mol. The van der Waals surface area contributed by atoms with Crippen molar-refractivity contribution in [2.75, 3.05) is 7.11 Å². The SMILES string of the molecule is COC(=O)C1=C(C)N(C(C)C)C(=O)/C1=C\c1cc(C)n(-c2ccc(Br)cc2)c1C. The zero-order valence-corrected chi connectivity index (χ0v) is 19.1. The number of aryl methyl sites for hydroxylation is 1. The lowest BCUT2D eigenvalue weighted by Gasteiger charge is -2.22. The molecule has 1 aliphatic rings. The van der Waals surface area contributed by atoms with Crippen LogP contribution in [0, 0.1) is 13.8 Å². The van der Waals surface area contributed by atoms with Crippen LogP contribution in [0.3, 0.4) is 0 Å². The molecule has 2 heterocycles. The molecule has 2 aromatic rings. The fourth-order valence-corrected chi connectivity index (χ4v) is 4.16. The van der Waals surface area contributed by atoms with Crippen LogP contribution in [-0.2, 0) is 14.3 Å². The Balaban J connectivity index is 2.14. The smallest absolute Gasteiger partial charge is 0.340 e. The molecule has 1 aromatic heterocycles. The van der Waals surface area contributed by atoms with E-state index in [-0.39, 0.29) is 11.9 Å². The highest BCUT2D eigenvalue weighted by Crippen LogP contribution is 2.34. The van der Waals surface area contributed by atoms with Crippen molar-refractivity contribution in [1.29, 1.82) is 0 Å². The molecule has 1 amide bonds. The molecule has 3 rings (SSSR count). The topological polar surface area (TPSA) is 51.5 Å². The van der Waals surface area contributed by atoms with Crippen molar-refractivity contribution in [1.82, 2.24) is 9.47 Å². The minimum Gasteiger partial charge on any atom is -0.465 e. The Morgan fingerprint density at radius 2 is 1.76 bits per heavy atom. The van der Waals surface area contributed by atoms with E-state index in [9.17, 15) is 9.59 Å². The number of benzene rings is 1. The van der Waals surface area contributed by atoms with Crippen LogP contribution < -0.4 is 0 Å². The van der Waals surface area contributed by atoms with E-state index in [0.717, 1.165) is 27.1 Å². The number of methoxy groups -OCH3 is 1. The summed E-state index contributed by atoms with van der Waals surface area (Å²) in [5.41, 5.74) is 5.31. The summed E-state index contributed by atoms with van der Waals surface area (Å²) >= 11 is 3.47. The minimum atomic E-state index is -0.494. The Labute approximate surface area is 179 Å². The molecule has 0 atom stereocenters. The van der Waals surface area contributed by atoms with Gasteiger partial charge < -0.3 is 14.2 Å². The molecule has 1 aliphatic heterocycles. The predicted octanol–water partition coefficient (Wildman–Crippen LogP) is 4.94. The molecule has 152 valence electrons. The van der Waals surface area contributed by atoms with E-state index in [0.29, 0.717) is 16.8 Å². The van der Waals surface area contributed by atoms with Crippen molar-refractivity contribution in [2.24, 2.45) is 0 Å². The number of aromatic nitrogens is 1. The number of amides is 1. The van der Waals surface area contributed by atoms with Gasteiger partial charge in [-0.05, 0) is 76.6 Å². The Morgan fingerprint density at radius 1 is 1.14 bits per heavy atom. The highest BCUT2D eigenvalue weighted by molar-refractivity contribution is 9.10. The lowest BCUT2D eigenvalue weighted by Crippen LogP contribution is -2.31. The lowest BCUT2D eigenvalue weighted by molar-refractivity contribution is -0.136. The molecular formula is C23H25BrN2O3. The molecule has 1 aromatic carbocycles. The Hall–Kier alpha value is -2.60. The third-order valence-corrected chi connectivity index (χ3v) is 5.73. The summed E-state index contributed by atoms with van der Waals surface area (Å²) in [6.07, 6.45) is 1.80. The van der Waals surface area contributed by atoms with E-state index in [1.54, 1.807) is 17.9 Å². The summed E-state index contributed by atoms with van der Waals surface area (Å²) in [5.74, 6) is -0.668. The number of ether oxygens (including phenoxy) is 1. The average Bonchev–Trinajstić information content (AvgIpc) is 3.08. The summed E-state index contributed by atoms with van der Waals surface area (Å²) < 4.78 is 8.11. The average molecular weight is 457 g/mol. The zero-order valence-electron chi connectivity index (χ0n) is 17.5. The fourth-order valence-electron chi connectivity index (χ4n) is 3.90. The highest BCUT2D eigenvalue weighted by Gasteiger charge is 2.38. The quantitative estimate of drug-likeness (QED) is 0.483. The first kappa shape index (κ1) is 21.1. The van der Waals surface area contributed by atoms with Crippen molar-refractivity contribution in [3.63, 3.8) is 0 Å². The van der Waals surface area contributed by atoms with E-state index >= 15 is 0 Å². The van der Waals surface area contributed by atoms with E-state index in [1.807, 2.05) is 58.0 Å². The molecule has 0 saturated heterocycles. The zero-order chi connectivity index (χ0) is 21.5. The number of halogens is 1. The second kappa shape index (κ2) is 8.03. The molecule has 0 fully saturated rings. The van der Waals surface area contributed by atoms with Crippen LogP contribution in [0.15, 0.2) is 51.6 Å². The molecule has 0 saturated carbocycles. The third-order valence-electron chi connectivity index (χ3n) is 5.20. The van der Waals surface area contributed by atoms with E-state index < -0.39 is 5.97 Å². The van der Waals surface area contributed by atoms with Gasteiger partial charge in [0.1, 0.15) is 0 Å². The number of hydrogen-bond donors (Lipinski definition) is 0. The molecule has 29 heavy (non-hydrogen) atoms. The number of carbonyl (C=O) groups excluding carboxylic acids is 2. The summed E-state index contributed by atoms with van der Waals surface area (Å²) in [5, 5.41) is 0. The second-order valence-corrected chi connectivity index (χ2v) is 8.33. The summed E-state index contributed by atoms with van der Waals surface area (Å²) in [7, 11) is 1.34. The first-order chi connectivity index (χ1) is 13.7. The van der Waals surface area contributed by atoms with Crippen molar-refractivity contribution in [3.05, 3.63) is 68.6 Å². The first-order valence-electron chi connectivity index (χ1n) is 9.47. The van der Waals surface area contributed by atoms with Gasteiger partial charge in [0.15, 0.2) is 0 Å². The van der Waals surface area contributed by atoms with Gasteiger partial charge in [0, 0.05) is 33.3 Å². The Bertz CT molecular complexity index is 1040. The maximum atomic E-state index is 13.1. The van der Waals surface area contributed by atoms with Gasteiger partial charge >= 0.3 is 5.97 Å². The summed E-state index contributed by atoms with van der Waals surface area (Å²) in [4.78, 5) is 27.2. The standard InChI is InChI=1S/C23H25BrN2O3/c1-13(2)25-16(5)21(23(28)29-6)20(22(25)27)12-17-11-14(3)26(15(17)4)19-9-7-18(24)8-10-19/h7-13H,1-6H3/b20-12-. The van der Waals surface area contributed by atoms with Gasteiger partial charge in [-0.3, -0.25) is 4.79 Å². The molecule has 0 N–H and O–H groups in total. The number of esters is 1. The summed E-state index contributed by atoms with van der Waals surface area (Å²) in [6, 6.07) is 10.0.